The van der Waals surface area contributed by atoms with Gasteiger partial charge in [-0.3, -0.25) is 0 Å². The van der Waals surface area contributed by atoms with Crippen molar-refractivity contribution in [1.82, 2.24) is 4.67 Å². The number of nitrogens with zero attached hydrogens (tertiary/aromatic N) is 1. The molecule has 2 aromatic rings. The standard InChI is InChI=1S/C19H25NO2P/c1-23(2,3)20(15-14-17-10-6-4-7-11-17)19(21)22-16-18-12-8-5-9-13-18/h4-13H,14-16H2,1-3H3/q+1. The molecular weight excluding hydrogens is 305 g/mol. The van der Waals surface area contributed by atoms with Crippen LogP contribution in [-0.4, -0.2) is 37.3 Å². The van der Waals surface area contributed by atoms with Gasteiger partial charge in [0, 0.05) is 0 Å². The van der Waals surface area contributed by atoms with Gasteiger partial charge in [-0.05, 0) is 17.5 Å². The van der Waals surface area contributed by atoms with Crippen LogP contribution in [0.4, 0.5) is 4.79 Å². The van der Waals surface area contributed by atoms with Crippen LogP contribution in [0.15, 0.2) is 60.7 Å². The molecule has 0 aliphatic heterocycles. The first kappa shape index (κ1) is 17.5. The summed E-state index contributed by atoms with van der Waals surface area (Å²) in [5, 5.41) is 0. The highest BCUT2D eigenvalue weighted by molar-refractivity contribution is 7.72. The highest BCUT2D eigenvalue weighted by Crippen LogP contribution is 2.51. The molecular formula is C19H25NO2P+. The fourth-order valence-electron chi connectivity index (χ4n) is 2.31. The molecule has 2 rings (SSSR count). The van der Waals surface area contributed by atoms with E-state index in [1.54, 1.807) is 0 Å². The van der Waals surface area contributed by atoms with E-state index in [4.69, 9.17) is 4.74 Å². The maximum atomic E-state index is 12.5. The van der Waals surface area contributed by atoms with Crippen LogP contribution in [0.25, 0.3) is 0 Å². The van der Waals surface area contributed by atoms with Gasteiger partial charge in [-0.1, -0.05) is 60.7 Å². The number of rotatable bonds is 6. The molecule has 0 atom stereocenters. The summed E-state index contributed by atoms with van der Waals surface area (Å²) in [5.74, 6) is 0. The average molecular weight is 330 g/mol. The quantitative estimate of drug-likeness (QED) is 0.719. The Balaban J connectivity index is 1.96. The zero-order valence-corrected chi connectivity index (χ0v) is 15.0. The smallest absolute Gasteiger partial charge is 0.441 e. The van der Waals surface area contributed by atoms with Gasteiger partial charge in [0.1, 0.15) is 14.0 Å². The molecule has 122 valence electrons. The van der Waals surface area contributed by atoms with Crippen molar-refractivity contribution in [3.05, 3.63) is 71.8 Å². The summed E-state index contributed by atoms with van der Waals surface area (Å²) < 4.78 is 7.43. The van der Waals surface area contributed by atoms with E-state index in [-0.39, 0.29) is 6.09 Å². The fourth-order valence-corrected chi connectivity index (χ4v) is 3.56. The molecule has 0 heterocycles. The van der Waals surface area contributed by atoms with Crippen LogP contribution in [0.1, 0.15) is 11.1 Å². The van der Waals surface area contributed by atoms with Gasteiger partial charge in [0.25, 0.3) is 0 Å². The first-order valence-corrected chi connectivity index (χ1v) is 10.9. The first-order chi connectivity index (χ1) is 11.0. The average Bonchev–Trinajstić information content (AvgIpc) is 2.54. The molecule has 0 N–H and O–H groups in total. The number of amides is 1. The molecule has 4 heteroatoms. The van der Waals surface area contributed by atoms with E-state index < -0.39 is 7.41 Å². The molecule has 0 unspecified atom stereocenters. The van der Waals surface area contributed by atoms with E-state index in [1.807, 2.05) is 53.2 Å². The first-order valence-electron chi connectivity index (χ1n) is 7.81. The number of carbonyl (C=O) groups is 1. The lowest BCUT2D eigenvalue weighted by Gasteiger charge is -2.27. The van der Waals surface area contributed by atoms with Crippen molar-refractivity contribution < 1.29 is 9.53 Å². The topological polar surface area (TPSA) is 29.5 Å². The lowest BCUT2D eigenvalue weighted by atomic mass is 10.1. The minimum atomic E-state index is -1.48. The monoisotopic (exact) mass is 330 g/mol. The second-order valence-electron chi connectivity index (χ2n) is 6.34. The number of ether oxygens (including phenoxy) is 1. The summed E-state index contributed by atoms with van der Waals surface area (Å²) in [6, 6.07) is 20.0. The molecule has 0 saturated heterocycles. The molecule has 23 heavy (non-hydrogen) atoms. The number of carbonyl (C=O) groups excluding carboxylic acids is 1. The van der Waals surface area contributed by atoms with Crippen molar-refractivity contribution in [2.75, 3.05) is 26.5 Å². The van der Waals surface area contributed by atoms with Gasteiger partial charge in [0.15, 0.2) is 0 Å². The zero-order valence-electron chi connectivity index (χ0n) is 14.1. The van der Waals surface area contributed by atoms with Gasteiger partial charge < -0.3 is 4.74 Å². The van der Waals surface area contributed by atoms with E-state index in [9.17, 15) is 4.79 Å². The molecule has 2 aromatic carbocycles. The van der Waals surface area contributed by atoms with Crippen LogP contribution in [-0.2, 0) is 17.8 Å². The van der Waals surface area contributed by atoms with E-state index in [0.717, 1.165) is 12.0 Å². The van der Waals surface area contributed by atoms with E-state index in [0.29, 0.717) is 13.2 Å². The highest BCUT2D eigenvalue weighted by atomic mass is 31.2. The Labute approximate surface area is 139 Å². The van der Waals surface area contributed by atoms with Crippen LogP contribution in [0.3, 0.4) is 0 Å². The molecule has 0 bridgehead atoms. The molecule has 0 radical (unpaired) electrons. The van der Waals surface area contributed by atoms with Crippen LogP contribution < -0.4 is 0 Å². The third-order valence-electron chi connectivity index (χ3n) is 3.60. The van der Waals surface area contributed by atoms with Gasteiger partial charge in [-0.2, -0.15) is 4.67 Å². The minimum absolute atomic E-state index is 0.217. The number of hydrogen-bond acceptors (Lipinski definition) is 2. The summed E-state index contributed by atoms with van der Waals surface area (Å²) in [5.41, 5.74) is 2.25. The number of hydrogen-bond donors (Lipinski definition) is 0. The van der Waals surface area contributed by atoms with Crippen molar-refractivity contribution in [1.29, 1.82) is 0 Å². The third kappa shape index (κ3) is 5.69. The largest absolute Gasteiger partial charge is 0.442 e. The molecule has 0 aliphatic carbocycles. The van der Waals surface area contributed by atoms with Crippen molar-refractivity contribution in [2.24, 2.45) is 0 Å². The zero-order chi connectivity index (χ0) is 16.7. The maximum absolute atomic E-state index is 12.5. The minimum Gasteiger partial charge on any atom is -0.442 e. The van der Waals surface area contributed by atoms with E-state index in [2.05, 4.69) is 32.1 Å². The Morgan fingerprint density at radius 3 is 1.96 bits per heavy atom. The highest BCUT2D eigenvalue weighted by Gasteiger charge is 2.34. The predicted octanol–water partition coefficient (Wildman–Crippen LogP) is 4.69. The molecule has 3 nitrogen and oxygen atoms in total. The summed E-state index contributed by atoms with van der Waals surface area (Å²) in [4.78, 5) is 12.5. The van der Waals surface area contributed by atoms with Crippen molar-refractivity contribution in [3.63, 3.8) is 0 Å². The van der Waals surface area contributed by atoms with Gasteiger partial charge in [-0.25, -0.2) is 4.79 Å². The SMILES string of the molecule is C[P+](C)(C)N(CCc1ccccc1)C(=O)OCc1ccccc1. The lowest BCUT2D eigenvalue weighted by molar-refractivity contribution is 0.120. The van der Waals surface area contributed by atoms with Gasteiger partial charge in [0.2, 0.25) is 0 Å². The Morgan fingerprint density at radius 1 is 0.913 bits per heavy atom. The van der Waals surface area contributed by atoms with Crippen molar-refractivity contribution >= 4 is 13.5 Å². The lowest BCUT2D eigenvalue weighted by Crippen LogP contribution is -2.32. The molecule has 0 spiro atoms. The van der Waals surface area contributed by atoms with Crippen LogP contribution in [0.2, 0.25) is 0 Å². The van der Waals surface area contributed by atoms with Gasteiger partial charge in [0.05, 0.1) is 26.5 Å². The Morgan fingerprint density at radius 2 is 1.43 bits per heavy atom. The third-order valence-corrected chi connectivity index (χ3v) is 5.41. The summed E-state index contributed by atoms with van der Waals surface area (Å²) in [6.07, 6.45) is 0.629. The molecule has 0 saturated carbocycles. The van der Waals surface area contributed by atoms with Crippen LogP contribution in [0, 0.1) is 0 Å². The maximum Gasteiger partial charge on any atom is 0.441 e. The van der Waals surface area contributed by atoms with E-state index >= 15 is 0 Å². The van der Waals surface area contributed by atoms with Crippen LogP contribution >= 0.6 is 7.41 Å². The molecule has 0 aliphatic rings. The van der Waals surface area contributed by atoms with Crippen molar-refractivity contribution in [3.8, 4) is 0 Å². The Hall–Kier alpha value is -1.86. The molecule has 0 fully saturated rings. The second kappa shape index (κ2) is 8.12. The normalized spacial score (nSPS) is 11.1. The number of benzene rings is 2. The Kier molecular flexibility index (Phi) is 6.18. The van der Waals surface area contributed by atoms with Crippen LogP contribution in [0.5, 0.6) is 0 Å². The fraction of sp³-hybridized carbons (Fsp3) is 0.316. The second-order valence-corrected chi connectivity index (χ2v) is 10.7. The summed E-state index contributed by atoms with van der Waals surface area (Å²) in [6.45, 7) is 7.43. The van der Waals surface area contributed by atoms with Gasteiger partial charge in [-0.15, -0.1) is 0 Å². The van der Waals surface area contributed by atoms with E-state index in [1.165, 1.54) is 5.56 Å². The summed E-state index contributed by atoms with van der Waals surface area (Å²) >= 11 is 0. The van der Waals surface area contributed by atoms with Crippen molar-refractivity contribution in [2.45, 2.75) is 13.0 Å². The molecule has 0 aromatic heterocycles. The van der Waals surface area contributed by atoms with Gasteiger partial charge >= 0.3 is 6.09 Å². The molecule has 1 amide bonds. The Bertz CT molecular complexity index is 608. The predicted molar refractivity (Wildman–Crippen MR) is 98.2 cm³/mol. The summed E-state index contributed by atoms with van der Waals surface area (Å²) in [7, 11) is -1.48.